The van der Waals surface area contributed by atoms with E-state index in [0.717, 1.165) is 5.56 Å². The third-order valence-electron chi connectivity index (χ3n) is 9.75. The van der Waals surface area contributed by atoms with Crippen molar-refractivity contribution in [2.75, 3.05) is 6.54 Å². The monoisotopic (exact) mass is 760 g/mol. The lowest BCUT2D eigenvalue weighted by atomic mass is 9.85. The molecule has 1 saturated heterocycles. The Balaban J connectivity index is 1.33. The summed E-state index contributed by atoms with van der Waals surface area (Å²) in [5, 5.41) is 5.49. The van der Waals surface area contributed by atoms with E-state index in [2.05, 4.69) is 21.9 Å². The maximum Gasteiger partial charge on any atom is 0.408 e. The fourth-order valence-corrected chi connectivity index (χ4v) is 8.01. The molecule has 14 nitrogen and oxygen atoms in total. The van der Waals surface area contributed by atoms with E-state index in [4.69, 9.17) is 19.4 Å². The molecule has 0 spiro atoms. The lowest BCUT2D eigenvalue weighted by Crippen LogP contribution is -2.60. The van der Waals surface area contributed by atoms with E-state index >= 15 is 0 Å². The molecule has 15 heteroatoms. The number of carbonyl (C=O) groups excluding carboxylic acids is 4. The second-order valence-corrected chi connectivity index (χ2v) is 18.3. The van der Waals surface area contributed by atoms with Gasteiger partial charge in [0.15, 0.2) is 5.82 Å². The van der Waals surface area contributed by atoms with Gasteiger partial charge < -0.3 is 25.0 Å². The van der Waals surface area contributed by atoms with Crippen LogP contribution < -0.4 is 20.1 Å². The third kappa shape index (κ3) is 8.35. The second-order valence-electron chi connectivity index (χ2n) is 16.3. The van der Waals surface area contributed by atoms with Crippen molar-refractivity contribution in [3.63, 3.8) is 0 Å². The predicted octanol–water partition coefficient (Wildman–Crippen LogP) is 4.25. The van der Waals surface area contributed by atoms with E-state index in [1.54, 1.807) is 41.5 Å². The number of likely N-dealkylation sites (tertiary alicyclic amines) is 1. The number of rotatable bonds is 11. The lowest BCUT2D eigenvalue weighted by molar-refractivity contribution is -0.143. The zero-order valence-electron chi connectivity index (χ0n) is 31.4. The summed E-state index contributed by atoms with van der Waals surface area (Å²) in [7, 11) is -3.91. The van der Waals surface area contributed by atoms with Crippen molar-refractivity contribution >= 4 is 44.7 Å². The van der Waals surface area contributed by atoms with E-state index in [1.807, 2.05) is 54.6 Å². The first-order valence-corrected chi connectivity index (χ1v) is 19.7. The van der Waals surface area contributed by atoms with Crippen LogP contribution in [-0.2, 0) is 29.1 Å². The average molecular weight is 761 g/mol. The summed E-state index contributed by atoms with van der Waals surface area (Å²) in [6.45, 7) is 14.2. The standard InChI is InChI=1S/C39H48N6O8S/c1-8-24-21-39(24,35(48)44-54(50,51)26-18-19-26)43-32(46)29-20-25(22-45(29)34(47)30(37(2,3)4)41-36(49)53-38(5,6)7)52-33-27-16-12-13-17-28(27)40-31(42-33)23-14-10-9-11-15-23/h8-17,24-26,29-30H,1,18-22H2,2-7H3,(H,41,49)(H,43,46)(H,44,48). The second kappa shape index (κ2) is 14.3. The number of nitrogens with zero attached hydrogens (tertiary/aromatic N) is 3. The molecule has 2 aromatic carbocycles. The zero-order valence-corrected chi connectivity index (χ0v) is 32.2. The number of ether oxygens (including phenoxy) is 2. The number of alkyl carbamates (subject to hydrolysis) is 1. The molecule has 2 aliphatic carbocycles. The van der Waals surface area contributed by atoms with Crippen molar-refractivity contribution in [2.45, 2.75) is 102 Å². The molecule has 4 amide bonds. The number of fused-ring (bicyclic) bond motifs is 1. The van der Waals surface area contributed by atoms with Crippen LogP contribution in [0, 0.1) is 11.3 Å². The lowest BCUT2D eigenvalue weighted by Gasteiger charge is -2.36. The summed E-state index contributed by atoms with van der Waals surface area (Å²) >= 11 is 0. The van der Waals surface area contributed by atoms with Gasteiger partial charge in [-0.15, -0.1) is 6.58 Å². The van der Waals surface area contributed by atoms with Crippen LogP contribution in [0.3, 0.4) is 0 Å². The Bertz CT molecular complexity index is 2080. The number of hydrogen-bond donors (Lipinski definition) is 3. The summed E-state index contributed by atoms with van der Waals surface area (Å²) in [6, 6.07) is 14.4. The SMILES string of the molecule is C=CC1CC1(NC(=O)C1CC(Oc2nc(-c3ccccc3)nc3ccccc23)CN1C(=O)C(NC(=O)OC(C)(C)C)C(C)(C)C)C(=O)NS(=O)(=O)C1CC1. The Hall–Kier alpha value is -5.05. The Kier molecular flexibility index (Phi) is 10.2. The molecule has 3 fully saturated rings. The summed E-state index contributed by atoms with van der Waals surface area (Å²) in [5.41, 5.74) is -1.83. The quantitative estimate of drug-likeness (QED) is 0.239. The largest absolute Gasteiger partial charge is 0.472 e. The van der Waals surface area contributed by atoms with Crippen LogP contribution in [0.25, 0.3) is 22.3 Å². The van der Waals surface area contributed by atoms with Crippen molar-refractivity contribution in [1.29, 1.82) is 0 Å². The van der Waals surface area contributed by atoms with Gasteiger partial charge in [0, 0.05) is 17.9 Å². The number of carbonyl (C=O) groups is 4. The molecule has 2 saturated carbocycles. The number of sulfonamides is 1. The van der Waals surface area contributed by atoms with Gasteiger partial charge in [-0.25, -0.2) is 18.2 Å². The smallest absolute Gasteiger partial charge is 0.408 e. The molecule has 54 heavy (non-hydrogen) atoms. The van der Waals surface area contributed by atoms with Crippen LogP contribution in [-0.4, -0.2) is 88.2 Å². The number of hydrogen-bond acceptors (Lipinski definition) is 10. The van der Waals surface area contributed by atoms with Crippen LogP contribution in [0.5, 0.6) is 5.88 Å². The molecule has 2 heterocycles. The van der Waals surface area contributed by atoms with Gasteiger partial charge in [-0.05, 0) is 57.6 Å². The average Bonchev–Trinajstić information content (AvgIpc) is 4.03. The molecule has 6 rings (SSSR count). The molecule has 3 aliphatic rings. The zero-order chi connectivity index (χ0) is 39.2. The van der Waals surface area contributed by atoms with Gasteiger partial charge in [0.1, 0.15) is 29.3 Å². The summed E-state index contributed by atoms with van der Waals surface area (Å²) in [4.78, 5) is 66.3. The molecule has 1 aromatic heterocycles. The van der Waals surface area contributed by atoms with Crippen molar-refractivity contribution in [1.82, 2.24) is 30.2 Å². The van der Waals surface area contributed by atoms with Crippen LogP contribution in [0.15, 0.2) is 67.3 Å². The molecule has 288 valence electrons. The maximum atomic E-state index is 14.6. The van der Waals surface area contributed by atoms with E-state index in [0.29, 0.717) is 29.6 Å². The minimum absolute atomic E-state index is 0.00327. The molecule has 0 bridgehead atoms. The Morgan fingerprint density at radius 1 is 0.981 bits per heavy atom. The number of para-hydroxylation sites is 1. The molecule has 3 aromatic rings. The summed E-state index contributed by atoms with van der Waals surface area (Å²) in [5.74, 6) is -1.95. The summed E-state index contributed by atoms with van der Waals surface area (Å²) < 4.78 is 39.6. The Labute approximate surface area is 315 Å². The van der Waals surface area contributed by atoms with Crippen molar-refractivity contribution in [3.8, 4) is 17.3 Å². The fraction of sp³-hybridized carbons (Fsp3) is 0.487. The van der Waals surface area contributed by atoms with E-state index in [9.17, 15) is 27.6 Å². The highest BCUT2D eigenvalue weighted by Gasteiger charge is 2.62. The van der Waals surface area contributed by atoms with Gasteiger partial charge in [0.05, 0.1) is 22.7 Å². The molecule has 3 N–H and O–H groups in total. The van der Waals surface area contributed by atoms with Crippen molar-refractivity contribution in [2.24, 2.45) is 11.3 Å². The molecule has 5 unspecified atom stereocenters. The van der Waals surface area contributed by atoms with E-state index in [-0.39, 0.29) is 25.3 Å². The third-order valence-corrected chi connectivity index (χ3v) is 11.6. The van der Waals surface area contributed by atoms with Gasteiger partial charge in [0.25, 0.3) is 5.91 Å². The molecular weight excluding hydrogens is 713 g/mol. The van der Waals surface area contributed by atoms with Crippen molar-refractivity contribution < 1.29 is 37.1 Å². The van der Waals surface area contributed by atoms with Gasteiger partial charge in [0.2, 0.25) is 27.7 Å². The number of benzene rings is 2. The normalized spacial score (nSPS) is 23.2. The Morgan fingerprint density at radius 2 is 1.65 bits per heavy atom. The van der Waals surface area contributed by atoms with Crippen molar-refractivity contribution in [3.05, 3.63) is 67.3 Å². The van der Waals surface area contributed by atoms with E-state index in [1.165, 1.54) is 11.0 Å². The molecular formula is C39H48N6O8S. The van der Waals surface area contributed by atoms with Gasteiger partial charge in [-0.3, -0.25) is 19.1 Å². The Morgan fingerprint density at radius 3 is 2.26 bits per heavy atom. The molecule has 0 radical (unpaired) electrons. The van der Waals surface area contributed by atoms with E-state index < -0.39 is 79.7 Å². The minimum Gasteiger partial charge on any atom is -0.472 e. The highest BCUT2D eigenvalue weighted by atomic mass is 32.2. The number of aromatic nitrogens is 2. The number of nitrogens with one attached hydrogen (secondary N) is 3. The van der Waals surface area contributed by atoms with Crippen LogP contribution in [0.2, 0.25) is 0 Å². The first-order chi connectivity index (χ1) is 25.3. The molecule has 1 aliphatic heterocycles. The highest BCUT2D eigenvalue weighted by molar-refractivity contribution is 7.91. The minimum atomic E-state index is -3.91. The van der Waals surface area contributed by atoms with Gasteiger partial charge in [-0.1, -0.05) is 69.3 Å². The van der Waals surface area contributed by atoms with Crippen LogP contribution >= 0.6 is 0 Å². The number of amides is 4. The highest BCUT2D eigenvalue weighted by Crippen LogP contribution is 2.45. The summed E-state index contributed by atoms with van der Waals surface area (Å²) in [6.07, 6.45) is 0.971. The maximum absolute atomic E-state index is 14.6. The fourth-order valence-electron chi connectivity index (χ4n) is 6.65. The van der Waals surface area contributed by atoms with Gasteiger partial charge in [-0.2, -0.15) is 4.98 Å². The van der Waals surface area contributed by atoms with Crippen LogP contribution in [0.1, 0.15) is 67.2 Å². The topological polar surface area (TPSA) is 186 Å². The first kappa shape index (κ1) is 38.7. The predicted molar refractivity (Wildman–Crippen MR) is 201 cm³/mol. The molecule has 5 atom stereocenters. The first-order valence-electron chi connectivity index (χ1n) is 18.1. The van der Waals surface area contributed by atoms with Gasteiger partial charge >= 0.3 is 6.09 Å². The van der Waals surface area contributed by atoms with Crippen LogP contribution in [0.4, 0.5) is 4.79 Å².